The summed E-state index contributed by atoms with van der Waals surface area (Å²) in [6.45, 7) is 3.92. The lowest BCUT2D eigenvalue weighted by atomic mass is 9.84. The van der Waals surface area contributed by atoms with Crippen LogP contribution in [0.1, 0.15) is 57.8 Å². The topological polar surface area (TPSA) is 29.3 Å². The van der Waals surface area contributed by atoms with Crippen molar-refractivity contribution in [1.82, 2.24) is 4.90 Å². The molecule has 0 aromatic rings. The van der Waals surface area contributed by atoms with Crippen LogP contribution in [-0.2, 0) is 0 Å². The van der Waals surface area contributed by atoms with Crippen LogP contribution in [0.3, 0.4) is 0 Å². The summed E-state index contributed by atoms with van der Waals surface area (Å²) in [4.78, 5) is 2.69. The fraction of sp³-hybridized carbons (Fsp3) is 1.00. The lowest BCUT2D eigenvalue weighted by Gasteiger charge is -2.34. The van der Waals surface area contributed by atoms with E-state index in [1.807, 2.05) is 0 Å². The smallest absolute Gasteiger partial charge is 0.00793 e. The van der Waals surface area contributed by atoms with Gasteiger partial charge in [-0.1, -0.05) is 32.1 Å². The average molecular weight is 224 g/mol. The van der Waals surface area contributed by atoms with Crippen LogP contribution in [0, 0.1) is 5.92 Å². The van der Waals surface area contributed by atoms with Crippen molar-refractivity contribution in [3.05, 3.63) is 0 Å². The molecular weight excluding hydrogens is 196 g/mol. The number of nitrogens with two attached hydrogens (primary N) is 1. The highest BCUT2D eigenvalue weighted by Crippen LogP contribution is 2.24. The van der Waals surface area contributed by atoms with Crippen molar-refractivity contribution in [2.45, 2.75) is 63.8 Å². The molecule has 2 rings (SSSR count). The Hall–Kier alpha value is -0.0800. The summed E-state index contributed by atoms with van der Waals surface area (Å²) in [6.07, 6.45) is 12.5. The molecule has 0 bridgehead atoms. The van der Waals surface area contributed by atoms with E-state index in [1.54, 1.807) is 0 Å². The van der Waals surface area contributed by atoms with E-state index >= 15 is 0 Å². The minimum Gasteiger partial charge on any atom is -0.327 e. The molecule has 0 amide bonds. The van der Waals surface area contributed by atoms with Gasteiger partial charge in [0.25, 0.3) is 0 Å². The Kier molecular flexibility index (Phi) is 5.11. The van der Waals surface area contributed by atoms with Gasteiger partial charge in [0, 0.05) is 12.6 Å². The molecule has 2 nitrogen and oxygen atoms in total. The largest absolute Gasteiger partial charge is 0.327 e. The first-order valence-electron chi connectivity index (χ1n) is 7.34. The van der Waals surface area contributed by atoms with Crippen molar-refractivity contribution in [1.29, 1.82) is 0 Å². The highest BCUT2D eigenvalue weighted by Gasteiger charge is 2.23. The molecule has 1 saturated carbocycles. The SMILES string of the molecule is NC1CCCCC1CN1CCCCCCC1. The van der Waals surface area contributed by atoms with Gasteiger partial charge >= 0.3 is 0 Å². The average Bonchev–Trinajstić information content (AvgIpc) is 2.24. The minimum atomic E-state index is 0.485. The molecule has 2 N–H and O–H groups in total. The maximum Gasteiger partial charge on any atom is 0.00793 e. The van der Waals surface area contributed by atoms with Crippen LogP contribution in [0.15, 0.2) is 0 Å². The number of rotatable bonds is 2. The predicted molar refractivity (Wildman–Crippen MR) is 69.5 cm³/mol. The molecule has 0 aromatic heterocycles. The maximum atomic E-state index is 6.24. The Bertz CT molecular complexity index is 185. The predicted octanol–water partition coefficient (Wildman–Crippen LogP) is 2.77. The number of hydrogen-bond acceptors (Lipinski definition) is 2. The zero-order valence-electron chi connectivity index (χ0n) is 10.7. The number of hydrogen-bond donors (Lipinski definition) is 1. The van der Waals surface area contributed by atoms with E-state index in [9.17, 15) is 0 Å². The van der Waals surface area contributed by atoms with Gasteiger partial charge in [-0.3, -0.25) is 0 Å². The van der Waals surface area contributed by atoms with Gasteiger partial charge in [0.05, 0.1) is 0 Å². The van der Waals surface area contributed by atoms with Crippen LogP contribution < -0.4 is 5.73 Å². The van der Waals surface area contributed by atoms with Gasteiger partial charge in [0.15, 0.2) is 0 Å². The molecule has 0 radical (unpaired) electrons. The zero-order valence-corrected chi connectivity index (χ0v) is 10.7. The normalized spacial score (nSPS) is 34.3. The summed E-state index contributed by atoms with van der Waals surface area (Å²) in [5.74, 6) is 0.785. The zero-order chi connectivity index (χ0) is 11.2. The highest BCUT2D eigenvalue weighted by molar-refractivity contribution is 4.80. The molecule has 2 unspecified atom stereocenters. The summed E-state index contributed by atoms with van der Waals surface area (Å²) in [7, 11) is 0. The maximum absolute atomic E-state index is 6.24. The monoisotopic (exact) mass is 224 g/mol. The number of likely N-dealkylation sites (tertiary alicyclic amines) is 1. The lowest BCUT2D eigenvalue weighted by Crippen LogP contribution is -2.42. The third kappa shape index (κ3) is 3.74. The highest BCUT2D eigenvalue weighted by atomic mass is 15.1. The van der Waals surface area contributed by atoms with Crippen LogP contribution in [0.4, 0.5) is 0 Å². The second-order valence-electron chi connectivity index (χ2n) is 5.78. The van der Waals surface area contributed by atoms with Gasteiger partial charge in [0.1, 0.15) is 0 Å². The van der Waals surface area contributed by atoms with E-state index < -0.39 is 0 Å². The van der Waals surface area contributed by atoms with E-state index in [2.05, 4.69) is 4.90 Å². The van der Waals surface area contributed by atoms with Gasteiger partial charge in [-0.15, -0.1) is 0 Å². The first kappa shape index (κ1) is 12.4. The minimum absolute atomic E-state index is 0.485. The second kappa shape index (κ2) is 6.61. The van der Waals surface area contributed by atoms with Crippen molar-refractivity contribution >= 4 is 0 Å². The Morgan fingerprint density at radius 2 is 1.44 bits per heavy atom. The third-order valence-corrected chi connectivity index (χ3v) is 4.41. The van der Waals surface area contributed by atoms with Gasteiger partial charge in [-0.2, -0.15) is 0 Å². The molecule has 2 heteroatoms. The molecule has 2 fully saturated rings. The van der Waals surface area contributed by atoms with Gasteiger partial charge in [-0.25, -0.2) is 0 Å². The molecule has 16 heavy (non-hydrogen) atoms. The Morgan fingerprint density at radius 3 is 2.12 bits per heavy atom. The molecule has 2 atom stereocenters. The first-order valence-corrected chi connectivity index (χ1v) is 7.34. The molecule has 1 aliphatic heterocycles. The van der Waals surface area contributed by atoms with Crippen molar-refractivity contribution in [2.24, 2.45) is 11.7 Å². The van der Waals surface area contributed by atoms with E-state index in [4.69, 9.17) is 5.73 Å². The number of nitrogens with zero attached hydrogens (tertiary/aromatic N) is 1. The van der Waals surface area contributed by atoms with Gasteiger partial charge in [0.2, 0.25) is 0 Å². The molecule has 1 saturated heterocycles. The molecule has 2 aliphatic rings. The van der Waals surface area contributed by atoms with E-state index in [0.717, 1.165) is 5.92 Å². The summed E-state index contributed by atoms with van der Waals surface area (Å²) in [5, 5.41) is 0. The van der Waals surface area contributed by atoms with Crippen molar-refractivity contribution in [3.8, 4) is 0 Å². The summed E-state index contributed by atoms with van der Waals surface area (Å²) in [5.41, 5.74) is 6.24. The summed E-state index contributed by atoms with van der Waals surface area (Å²) >= 11 is 0. The van der Waals surface area contributed by atoms with E-state index in [0.29, 0.717) is 6.04 Å². The quantitative estimate of drug-likeness (QED) is 0.781. The molecule has 1 aliphatic carbocycles. The molecular formula is C14H28N2. The van der Waals surface area contributed by atoms with Crippen LogP contribution >= 0.6 is 0 Å². The van der Waals surface area contributed by atoms with Gasteiger partial charge < -0.3 is 10.6 Å². The van der Waals surface area contributed by atoms with Gasteiger partial charge in [-0.05, 0) is 44.7 Å². The lowest BCUT2D eigenvalue weighted by molar-refractivity contribution is 0.172. The fourth-order valence-corrected chi connectivity index (χ4v) is 3.29. The van der Waals surface area contributed by atoms with Crippen molar-refractivity contribution < 1.29 is 0 Å². The molecule has 1 heterocycles. The van der Waals surface area contributed by atoms with Crippen LogP contribution in [0.5, 0.6) is 0 Å². The van der Waals surface area contributed by atoms with Crippen LogP contribution in [-0.4, -0.2) is 30.6 Å². The van der Waals surface area contributed by atoms with E-state index in [1.165, 1.54) is 77.4 Å². The standard InChI is InChI=1S/C14H28N2/c15-14-9-5-4-8-13(14)12-16-10-6-2-1-3-7-11-16/h13-14H,1-12,15H2. The van der Waals surface area contributed by atoms with E-state index in [-0.39, 0.29) is 0 Å². The van der Waals surface area contributed by atoms with Crippen molar-refractivity contribution in [3.63, 3.8) is 0 Å². The van der Waals surface area contributed by atoms with Crippen LogP contribution in [0.2, 0.25) is 0 Å². The van der Waals surface area contributed by atoms with Crippen LogP contribution in [0.25, 0.3) is 0 Å². The van der Waals surface area contributed by atoms with Crippen molar-refractivity contribution in [2.75, 3.05) is 19.6 Å². The third-order valence-electron chi connectivity index (χ3n) is 4.41. The Labute approximate surface area is 101 Å². The fourth-order valence-electron chi connectivity index (χ4n) is 3.29. The first-order chi connectivity index (χ1) is 7.86. The second-order valence-corrected chi connectivity index (χ2v) is 5.78. The molecule has 0 spiro atoms. The molecule has 0 aromatic carbocycles. The Balaban J connectivity index is 1.77. The Morgan fingerprint density at radius 1 is 0.812 bits per heavy atom. The molecule has 94 valence electrons. The summed E-state index contributed by atoms with van der Waals surface area (Å²) in [6, 6.07) is 0.485. The summed E-state index contributed by atoms with van der Waals surface area (Å²) < 4.78 is 0.